The molecule has 2 aliphatic carbocycles. The Morgan fingerprint density at radius 3 is 2.60 bits per heavy atom. The summed E-state index contributed by atoms with van der Waals surface area (Å²) in [6, 6.07) is 1.76. The molecule has 0 bridgehead atoms. The van der Waals surface area contributed by atoms with Crippen LogP contribution < -0.4 is 10.2 Å². The minimum Gasteiger partial charge on any atom is -0.339 e. The van der Waals surface area contributed by atoms with Crippen LogP contribution in [-0.2, 0) is 27.5 Å². The van der Waals surface area contributed by atoms with Crippen LogP contribution in [0, 0.1) is 0 Å². The molecule has 11 heteroatoms. The molecule has 0 aromatic carbocycles. The predicted molar refractivity (Wildman–Crippen MR) is 133 cm³/mol. The lowest BCUT2D eigenvalue weighted by Crippen LogP contribution is -2.51. The number of carbonyl (C=O) groups is 1. The monoisotopic (exact) mass is 499 g/mol. The molecule has 2 aliphatic heterocycles. The quantitative estimate of drug-likeness (QED) is 0.642. The average molecular weight is 500 g/mol. The normalized spacial score (nSPS) is 24.2. The van der Waals surface area contributed by atoms with Gasteiger partial charge in [0.05, 0.1) is 17.2 Å². The van der Waals surface area contributed by atoms with Gasteiger partial charge in [-0.3, -0.25) is 9.89 Å². The van der Waals surface area contributed by atoms with Gasteiger partial charge in [0.25, 0.3) is 0 Å². The molecular weight excluding hydrogens is 466 g/mol. The van der Waals surface area contributed by atoms with Crippen molar-refractivity contribution in [2.24, 2.45) is 0 Å². The van der Waals surface area contributed by atoms with E-state index >= 15 is 0 Å². The van der Waals surface area contributed by atoms with Gasteiger partial charge in [0, 0.05) is 42.9 Å². The first kappa shape index (κ1) is 22.8. The summed E-state index contributed by atoms with van der Waals surface area (Å²) in [6.45, 7) is 1.26. The lowest BCUT2D eigenvalue weighted by molar-refractivity contribution is -0.132. The minimum atomic E-state index is -3.03. The summed E-state index contributed by atoms with van der Waals surface area (Å²) in [5.74, 6) is 2.78. The van der Waals surface area contributed by atoms with E-state index in [0.717, 1.165) is 61.5 Å². The highest BCUT2D eigenvalue weighted by atomic mass is 32.2. The van der Waals surface area contributed by atoms with Crippen molar-refractivity contribution >= 4 is 33.3 Å². The number of amides is 1. The third kappa shape index (κ3) is 4.50. The third-order valence-electron chi connectivity index (χ3n) is 8.01. The highest BCUT2D eigenvalue weighted by Crippen LogP contribution is 2.36. The van der Waals surface area contributed by atoms with Crippen LogP contribution in [-0.4, -0.2) is 76.6 Å². The van der Waals surface area contributed by atoms with Crippen LogP contribution in [0.25, 0.3) is 0 Å². The topological polar surface area (TPSA) is 124 Å². The van der Waals surface area contributed by atoms with Crippen molar-refractivity contribution < 1.29 is 13.2 Å². The van der Waals surface area contributed by atoms with Crippen molar-refractivity contribution in [3.05, 3.63) is 23.0 Å². The lowest BCUT2D eigenvalue weighted by Gasteiger charge is -2.32. The number of anilines is 3. The van der Waals surface area contributed by atoms with Crippen molar-refractivity contribution in [3.63, 3.8) is 0 Å². The van der Waals surface area contributed by atoms with Crippen LogP contribution in [0.15, 0.2) is 6.07 Å². The predicted octanol–water partition coefficient (Wildman–Crippen LogP) is 2.32. The summed E-state index contributed by atoms with van der Waals surface area (Å²) in [4.78, 5) is 26.9. The summed E-state index contributed by atoms with van der Waals surface area (Å²) in [6.07, 6.45) is 9.47. The summed E-state index contributed by atoms with van der Waals surface area (Å²) < 4.78 is 23.6. The Kier molecular flexibility index (Phi) is 5.90. The van der Waals surface area contributed by atoms with E-state index in [4.69, 9.17) is 9.97 Å². The molecule has 1 atom stereocenters. The van der Waals surface area contributed by atoms with Gasteiger partial charge in [-0.05, 0) is 44.9 Å². The smallest absolute Gasteiger partial charge is 0.245 e. The highest BCUT2D eigenvalue weighted by molar-refractivity contribution is 7.91. The van der Waals surface area contributed by atoms with Gasteiger partial charge in [-0.15, -0.1) is 0 Å². The summed E-state index contributed by atoms with van der Waals surface area (Å²) in [7, 11) is -3.03. The van der Waals surface area contributed by atoms with E-state index in [2.05, 4.69) is 21.6 Å². The minimum absolute atomic E-state index is 0.00971. The maximum Gasteiger partial charge on any atom is 0.245 e. The molecule has 188 valence electrons. The Labute approximate surface area is 205 Å². The zero-order valence-electron chi connectivity index (χ0n) is 20.0. The number of fused-ring (bicyclic) bond motifs is 1. The van der Waals surface area contributed by atoms with E-state index < -0.39 is 9.84 Å². The maximum atomic E-state index is 13.3. The fourth-order valence-electron chi connectivity index (χ4n) is 6.03. The van der Waals surface area contributed by atoms with Crippen molar-refractivity contribution in [3.8, 4) is 0 Å². The third-order valence-corrected chi connectivity index (χ3v) is 9.62. The number of aryl methyl sites for hydroxylation is 1. The van der Waals surface area contributed by atoms with Crippen molar-refractivity contribution in [2.45, 2.75) is 69.7 Å². The van der Waals surface area contributed by atoms with Crippen LogP contribution in [0.1, 0.15) is 67.8 Å². The molecule has 2 N–H and O–H groups in total. The van der Waals surface area contributed by atoms with Crippen molar-refractivity contribution in [2.75, 3.05) is 41.4 Å². The average Bonchev–Trinajstić information content (AvgIpc) is 3.65. The fourth-order valence-corrected chi connectivity index (χ4v) is 7.23. The van der Waals surface area contributed by atoms with E-state index in [1.807, 2.05) is 4.90 Å². The molecule has 2 aromatic heterocycles. The molecule has 2 aromatic rings. The van der Waals surface area contributed by atoms with E-state index in [9.17, 15) is 13.2 Å². The van der Waals surface area contributed by atoms with Gasteiger partial charge in [-0.1, -0.05) is 12.8 Å². The number of H-pyrrole nitrogens is 1. The molecule has 0 spiro atoms. The second-order valence-corrected chi connectivity index (χ2v) is 12.6. The molecule has 4 heterocycles. The van der Waals surface area contributed by atoms with Crippen LogP contribution in [0.2, 0.25) is 0 Å². The highest BCUT2D eigenvalue weighted by Gasteiger charge is 2.38. The summed E-state index contributed by atoms with van der Waals surface area (Å²) in [5, 5.41) is 11.2. The molecule has 0 radical (unpaired) electrons. The lowest BCUT2D eigenvalue weighted by atomic mass is 10.0. The number of sulfone groups is 1. The fraction of sp³-hybridized carbons (Fsp3) is 0.667. The van der Waals surface area contributed by atoms with Crippen molar-refractivity contribution in [1.29, 1.82) is 0 Å². The molecule has 0 unspecified atom stereocenters. The molecule has 35 heavy (non-hydrogen) atoms. The molecule has 1 amide bonds. The van der Waals surface area contributed by atoms with Gasteiger partial charge >= 0.3 is 0 Å². The van der Waals surface area contributed by atoms with Gasteiger partial charge in [0.15, 0.2) is 15.7 Å². The number of nitrogens with one attached hydrogen (secondary N) is 2. The largest absolute Gasteiger partial charge is 0.339 e. The summed E-state index contributed by atoms with van der Waals surface area (Å²) >= 11 is 0. The summed E-state index contributed by atoms with van der Waals surface area (Å²) in [5.41, 5.74) is 3.37. The van der Waals surface area contributed by atoms with E-state index in [1.165, 1.54) is 31.4 Å². The first-order valence-electron chi connectivity index (χ1n) is 12.9. The van der Waals surface area contributed by atoms with E-state index in [1.54, 1.807) is 4.90 Å². The van der Waals surface area contributed by atoms with Gasteiger partial charge in [-0.25, -0.2) is 13.4 Å². The maximum absolute atomic E-state index is 13.3. The molecule has 10 nitrogen and oxygen atoms in total. The zero-order chi connectivity index (χ0) is 24.0. The van der Waals surface area contributed by atoms with Gasteiger partial charge in [-0.2, -0.15) is 10.1 Å². The van der Waals surface area contributed by atoms with Crippen LogP contribution >= 0.6 is 0 Å². The number of aromatic nitrogens is 4. The molecule has 3 fully saturated rings. The number of nitrogens with zero attached hydrogens (tertiary/aromatic N) is 5. The number of carbonyl (C=O) groups excluding carboxylic acids is 1. The number of aromatic amines is 1. The van der Waals surface area contributed by atoms with Crippen LogP contribution in [0.5, 0.6) is 0 Å². The number of rotatable bonds is 5. The molecular formula is C24H33N7O3S. The van der Waals surface area contributed by atoms with E-state index in [0.29, 0.717) is 11.9 Å². The number of hydrogen-bond acceptors (Lipinski definition) is 8. The first-order chi connectivity index (χ1) is 17.0. The molecule has 1 saturated carbocycles. The second kappa shape index (κ2) is 9.07. The Morgan fingerprint density at radius 1 is 1.00 bits per heavy atom. The number of hydrogen-bond donors (Lipinski definition) is 2. The first-order valence-corrected chi connectivity index (χ1v) is 14.8. The van der Waals surface area contributed by atoms with Gasteiger partial charge in [0.2, 0.25) is 11.9 Å². The van der Waals surface area contributed by atoms with Crippen LogP contribution in [0.4, 0.5) is 17.6 Å². The molecule has 6 rings (SSSR count). The molecule has 4 aliphatic rings. The van der Waals surface area contributed by atoms with Crippen LogP contribution in [0.3, 0.4) is 0 Å². The second-order valence-electron chi connectivity index (χ2n) is 10.3. The Hall–Kier alpha value is -2.69. The van der Waals surface area contributed by atoms with Gasteiger partial charge < -0.3 is 15.1 Å². The Balaban J connectivity index is 1.24. The Morgan fingerprint density at radius 2 is 1.80 bits per heavy atom. The van der Waals surface area contributed by atoms with Gasteiger partial charge in [0.1, 0.15) is 11.9 Å². The Bertz CT molecular complexity index is 1210. The van der Waals surface area contributed by atoms with E-state index in [-0.39, 0.29) is 36.5 Å². The zero-order valence-corrected chi connectivity index (χ0v) is 20.8. The SMILES string of the molecule is O=C([C@@H]1CCCN1c1nc2c(c(Nc3cc(C4CCCC4)[nH]n3)n1)CCC2)N1CCS(=O)(=O)CC1. The standard InChI is InChI=1S/C24H33N7O3S/c32-23(30-11-13-35(33,34)14-12-30)20-9-4-10-31(20)24-25-18-8-3-7-17(18)22(27-24)26-21-15-19(28-29-21)16-5-1-2-6-16/h15-16,20H,1-14H2,(H2,25,26,27,28,29)/t20-/m0/s1. The van der Waals surface area contributed by atoms with Crippen molar-refractivity contribution in [1.82, 2.24) is 25.1 Å². The molecule has 2 saturated heterocycles.